The molecular formula is C18H19ClO3. The number of carbonyl (C=O) groups excluding carboxylic acids is 1. The van der Waals surface area contributed by atoms with Crippen molar-refractivity contribution in [3.63, 3.8) is 0 Å². The average molecular weight is 319 g/mol. The summed E-state index contributed by atoms with van der Waals surface area (Å²) in [4.78, 5) is 12.1. The molecule has 0 spiro atoms. The van der Waals surface area contributed by atoms with Crippen molar-refractivity contribution in [3.8, 4) is 11.5 Å². The molecule has 0 saturated heterocycles. The summed E-state index contributed by atoms with van der Waals surface area (Å²) in [6.45, 7) is 2.84. The Morgan fingerprint density at radius 2 is 1.77 bits per heavy atom. The van der Waals surface area contributed by atoms with E-state index in [4.69, 9.17) is 21.1 Å². The molecule has 2 aromatic carbocycles. The van der Waals surface area contributed by atoms with Gasteiger partial charge in [-0.15, -0.1) is 0 Å². The van der Waals surface area contributed by atoms with Gasteiger partial charge >= 0.3 is 5.97 Å². The molecule has 0 unspecified atom stereocenters. The first-order chi connectivity index (χ1) is 10.7. The van der Waals surface area contributed by atoms with E-state index in [-0.39, 0.29) is 0 Å². The first-order valence-electron chi connectivity index (χ1n) is 7.40. The van der Waals surface area contributed by atoms with Crippen LogP contribution in [0.3, 0.4) is 0 Å². The predicted octanol–water partition coefficient (Wildman–Crippen LogP) is 5.13. The Morgan fingerprint density at radius 1 is 1.05 bits per heavy atom. The summed E-state index contributed by atoms with van der Waals surface area (Å²) >= 11 is 5.97. The number of benzene rings is 2. The van der Waals surface area contributed by atoms with Gasteiger partial charge in [0.15, 0.2) is 0 Å². The fourth-order valence-electron chi connectivity index (χ4n) is 1.92. The van der Waals surface area contributed by atoms with Crippen molar-refractivity contribution in [1.29, 1.82) is 0 Å². The highest BCUT2D eigenvalue weighted by Gasteiger charge is 2.10. The number of esters is 1. The molecule has 0 N–H and O–H groups in total. The van der Waals surface area contributed by atoms with Crippen LogP contribution in [0.2, 0.25) is 5.02 Å². The van der Waals surface area contributed by atoms with Crippen LogP contribution in [-0.2, 0) is 0 Å². The van der Waals surface area contributed by atoms with Crippen LogP contribution in [0.15, 0.2) is 48.5 Å². The van der Waals surface area contributed by atoms with Gasteiger partial charge in [0.25, 0.3) is 0 Å². The maximum absolute atomic E-state index is 12.1. The SMILES string of the molecule is CCCCCOc1ccc(C(=O)Oc2ccccc2Cl)cc1. The van der Waals surface area contributed by atoms with Gasteiger partial charge < -0.3 is 9.47 Å². The fourth-order valence-corrected chi connectivity index (χ4v) is 2.09. The second-order valence-corrected chi connectivity index (χ2v) is 5.31. The molecule has 0 radical (unpaired) electrons. The molecule has 0 fully saturated rings. The number of ether oxygens (including phenoxy) is 2. The van der Waals surface area contributed by atoms with Crippen LogP contribution in [0.4, 0.5) is 0 Å². The third-order valence-corrected chi connectivity index (χ3v) is 3.46. The number of hydrogen-bond donors (Lipinski definition) is 0. The van der Waals surface area contributed by atoms with Crippen molar-refractivity contribution in [2.75, 3.05) is 6.61 Å². The highest BCUT2D eigenvalue weighted by atomic mass is 35.5. The van der Waals surface area contributed by atoms with Crippen LogP contribution in [0.25, 0.3) is 0 Å². The molecule has 0 aliphatic rings. The topological polar surface area (TPSA) is 35.5 Å². The summed E-state index contributed by atoms with van der Waals surface area (Å²) in [5.41, 5.74) is 0.459. The minimum atomic E-state index is -0.439. The summed E-state index contributed by atoms with van der Waals surface area (Å²) in [5.74, 6) is 0.671. The van der Waals surface area contributed by atoms with E-state index in [9.17, 15) is 4.79 Å². The maximum Gasteiger partial charge on any atom is 0.343 e. The Kier molecular flexibility index (Phi) is 6.28. The monoisotopic (exact) mass is 318 g/mol. The Bertz CT molecular complexity index is 608. The Morgan fingerprint density at radius 3 is 2.45 bits per heavy atom. The van der Waals surface area contributed by atoms with E-state index in [1.54, 1.807) is 48.5 Å². The van der Waals surface area contributed by atoms with Gasteiger partial charge in [0.2, 0.25) is 0 Å². The zero-order valence-electron chi connectivity index (χ0n) is 12.5. The van der Waals surface area contributed by atoms with Gasteiger partial charge in [-0.2, -0.15) is 0 Å². The first-order valence-corrected chi connectivity index (χ1v) is 7.78. The van der Waals surface area contributed by atoms with Crippen molar-refractivity contribution >= 4 is 17.6 Å². The highest BCUT2D eigenvalue weighted by Crippen LogP contribution is 2.24. The van der Waals surface area contributed by atoms with E-state index in [2.05, 4.69) is 6.92 Å². The van der Waals surface area contributed by atoms with Gasteiger partial charge in [0, 0.05) is 0 Å². The normalized spacial score (nSPS) is 10.3. The molecule has 22 heavy (non-hydrogen) atoms. The first kappa shape index (κ1) is 16.4. The molecule has 2 aromatic rings. The molecule has 0 atom stereocenters. The number of carbonyl (C=O) groups is 1. The van der Waals surface area contributed by atoms with Crippen molar-refractivity contribution < 1.29 is 14.3 Å². The number of para-hydroxylation sites is 1. The van der Waals surface area contributed by atoms with Crippen LogP contribution in [0.5, 0.6) is 11.5 Å². The smallest absolute Gasteiger partial charge is 0.343 e. The number of hydrogen-bond acceptors (Lipinski definition) is 3. The Balaban J connectivity index is 1.92. The molecule has 0 bridgehead atoms. The second kappa shape index (κ2) is 8.44. The van der Waals surface area contributed by atoms with E-state index in [0.29, 0.717) is 22.9 Å². The molecule has 0 aliphatic heterocycles. The minimum Gasteiger partial charge on any atom is -0.494 e. The zero-order chi connectivity index (χ0) is 15.8. The fraction of sp³-hybridized carbons (Fsp3) is 0.278. The quantitative estimate of drug-likeness (QED) is 0.403. The Hall–Kier alpha value is -2.00. The van der Waals surface area contributed by atoms with E-state index in [0.717, 1.165) is 25.0 Å². The molecule has 0 aliphatic carbocycles. The van der Waals surface area contributed by atoms with Gasteiger partial charge in [0.1, 0.15) is 11.5 Å². The van der Waals surface area contributed by atoms with Gasteiger partial charge in [-0.1, -0.05) is 43.5 Å². The zero-order valence-corrected chi connectivity index (χ0v) is 13.3. The van der Waals surface area contributed by atoms with Crippen LogP contribution in [0.1, 0.15) is 36.5 Å². The van der Waals surface area contributed by atoms with E-state index < -0.39 is 5.97 Å². The second-order valence-electron chi connectivity index (χ2n) is 4.90. The molecule has 2 rings (SSSR count). The molecule has 0 heterocycles. The van der Waals surface area contributed by atoms with Crippen LogP contribution >= 0.6 is 11.6 Å². The number of unbranched alkanes of at least 4 members (excludes halogenated alkanes) is 2. The van der Waals surface area contributed by atoms with Gasteiger partial charge in [-0.05, 0) is 42.8 Å². The summed E-state index contributed by atoms with van der Waals surface area (Å²) in [7, 11) is 0. The summed E-state index contributed by atoms with van der Waals surface area (Å²) < 4.78 is 10.9. The van der Waals surface area contributed by atoms with E-state index in [1.807, 2.05) is 0 Å². The third kappa shape index (κ3) is 4.78. The van der Waals surface area contributed by atoms with Crippen LogP contribution in [-0.4, -0.2) is 12.6 Å². The molecule has 0 amide bonds. The number of halogens is 1. The lowest BCUT2D eigenvalue weighted by Gasteiger charge is -2.08. The van der Waals surface area contributed by atoms with Crippen LogP contribution < -0.4 is 9.47 Å². The van der Waals surface area contributed by atoms with Crippen molar-refractivity contribution in [2.45, 2.75) is 26.2 Å². The molecule has 0 saturated carbocycles. The van der Waals surface area contributed by atoms with Crippen LogP contribution in [0, 0.1) is 0 Å². The van der Waals surface area contributed by atoms with Gasteiger partial charge in [-0.25, -0.2) is 4.79 Å². The molecular weight excluding hydrogens is 300 g/mol. The van der Waals surface area contributed by atoms with Crippen molar-refractivity contribution in [3.05, 3.63) is 59.1 Å². The Labute approximate surface area is 135 Å². The third-order valence-electron chi connectivity index (χ3n) is 3.15. The predicted molar refractivity (Wildman–Crippen MR) is 87.9 cm³/mol. The summed E-state index contributed by atoms with van der Waals surface area (Å²) in [6.07, 6.45) is 3.35. The summed E-state index contributed by atoms with van der Waals surface area (Å²) in [6, 6.07) is 13.8. The highest BCUT2D eigenvalue weighted by molar-refractivity contribution is 6.32. The lowest BCUT2D eigenvalue weighted by Crippen LogP contribution is -2.08. The standard InChI is InChI=1S/C18H19ClO3/c1-2-3-6-13-21-15-11-9-14(10-12-15)18(20)22-17-8-5-4-7-16(17)19/h4-5,7-12H,2-3,6,13H2,1H3. The minimum absolute atomic E-state index is 0.356. The van der Waals surface area contributed by atoms with Gasteiger partial charge in [0.05, 0.1) is 17.2 Å². The molecule has 0 aromatic heterocycles. The lowest BCUT2D eigenvalue weighted by atomic mass is 10.2. The maximum atomic E-state index is 12.1. The van der Waals surface area contributed by atoms with Gasteiger partial charge in [-0.3, -0.25) is 0 Å². The largest absolute Gasteiger partial charge is 0.494 e. The van der Waals surface area contributed by atoms with E-state index >= 15 is 0 Å². The van der Waals surface area contributed by atoms with E-state index in [1.165, 1.54) is 0 Å². The number of rotatable bonds is 7. The van der Waals surface area contributed by atoms with Crippen molar-refractivity contribution in [1.82, 2.24) is 0 Å². The van der Waals surface area contributed by atoms with Crippen molar-refractivity contribution in [2.24, 2.45) is 0 Å². The molecule has 3 nitrogen and oxygen atoms in total. The summed E-state index contributed by atoms with van der Waals surface area (Å²) in [5, 5.41) is 0.409. The molecule has 116 valence electrons. The lowest BCUT2D eigenvalue weighted by molar-refractivity contribution is 0.0735. The molecule has 4 heteroatoms. The average Bonchev–Trinajstić information content (AvgIpc) is 2.54.